The Bertz CT molecular complexity index is 493. The van der Waals surface area contributed by atoms with Gasteiger partial charge in [-0.1, -0.05) is 24.3 Å². The first-order valence-electron chi connectivity index (χ1n) is 7.29. The number of methoxy groups -OCH3 is 1. The highest BCUT2D eigenvalue weighted by molar-refractivity contribution is 7.90. The molecule has 0 radical (unpaired) electrons. The van der Waals surface area contributed by atoms with Gasteiger partial charge in [-0.2, -0.15) is 0 Å². The van der Waals surface area contributed by atoms with Crippen molar-refractivity contribution in [1.29, 1.82) is 0 Å². The molecule has 1 aromatic rings. The fourth-order valence-electron chi connectivity index (χ4n) is 2.60. The molecule has 3 nitrogen and oxygen atoms in total. The molecule has 116 valence electrons. The van der Waals surface area contributed by atoms with Crippen molar-refractivity contribution in [3.8, 4) is 5.75 Å². The molecule has 0 bridgehead atoms. The molecule has 1 fully saturated rings. The van der Waals surface area contributed by atoms with Gasteiger partial charge in [0.05, 0.1) is 19.7 Å². The van der Waals surface area contributed by atoms with E-state index in [9.17, 15) is 4.55 Å². The monoisotopic (exact) mass is 307 g/mol. The highest BCUT2D eigenvalue weighted by Gasteiger charge is 2.41. The van der Waals surface area contributed by atoms with E-state index in [-0.39, 0.29) is 10.8 Å². The molecule has 4 heteroatoms. The fourth-order valence-corrected chi connectivity index (χ4v) is 4.03. The van der Waals surface area contributed by atoms with Gasteiger partial charge in [0, 0.05) is 11.4 Å². The number of hydrogen-bond donors (Lipinski definition) is 0. The first-order chi connectivity index (χ1) is 9.81. The molecule has 1 aliphatic heterocycles. The summed E-state index contributed by atoms with van der Waals surface area (Å²) in [5.74, 6) is 0.865. The van der Waals surface area contributed by atoms with E-state index in [1.807, 2.05) is 32.9 Å². The summed E-state index contributed by atoms with van der Waals surface area (Å²) in [7, 11) is 1.67. The molecule has 0 N–H and O–H groups in total. The van der Waals surface area contributed by atoms with E-state index in [4.69, 9.17) is 4.74 Å². The summed E-state index contributed by atoms with van der Waals surface area (Å²) in [6.07, 6.45) is 1.82. The maximum absolute atomic E-state index is 12.7. The number of hydrogen-bond acceptors (Lipinski definition) is 3. The summed E-state index contributed by atoms with van der Waals surface area (Å²) < 4.78 is 19.7. The Hall–Kier alpha value is -0.970. The molecule has 21 heavy (non-hydrogen) atoms. The van der Waals surface area contributed by atoms with Crippen LogP contribution in [0.3, 0.4) is 0 Å². The predicted molar refractivity (Wildman–Crippen MR) is 88.8 cm³/mol. The minimum absolute atomic E-state index is 0.233. The van der Waals surface area contributed by atoms with Crippen molar-refractivity contribution in [2.75, 3.05) is 13.7 Å². The smallest absolute Gasteiger partial charge is 0.137 e. The minimum atomic E-state index is -0.995. The van der Waals surface area contributed by atoms with Crippen LogP contribution in [0.1, 0.15) is 32.8 Å². The Morgan fingerprint density at radius 1 is 1.33 bits per heavy atom. The molecule has 2 atom stereocenters. The molecule has 0 unspecified atom stereocenters. The molecule has 1 aliphatic rings. The Kier molecular flexibility index (Phi) is 5.02. The molecule has 1 saturated heterocycles. The zero-order valence-electron chi connectivity index (χ0n) is 13.4. The molecule has 0 aliphatic carbocycles. The van der Waals surface area contributed by atoms with Crippen LogP contribution in [0.15, 0.2) is 36.4 Å². The number of ether oxygens (including phenoxy) is 1. The van der Waals surface area contributed by atoms with Gasteiger partial charge < -0.3 is 9.29 Å². The molecule has 0 amide bonds. The van der Waals surface area contributed by atoms with Crippen molar-refractivity contribution in [3.05, 3.63) is 42.0 Å². The Labute approximate surface area is 131 Å². The van der Waals surface area contributed by atoms with E-state index < -0.39 is 11.4 Å². The minimum Gasteiger partial charge on any atom is -0.597 e. The van der Waals surface area contributed by atoms with Gasteiger partial charge in [-0.15, -0.1) is 4.31 Å². The van der Waals surface area contributed by atoms with Crippen LogP contribution in [-0.4, -0.2) is 33.3 Å². The van der Waals surface area contributed by atoms with Crippen LogP contribution in [0.5, 0.6) is 5.75 Å². The Balaban J connectivity index is 2.10. The standard InChI is InChI=1S/C17H25NO2S/c1-13-10-15(18(12-13)21(19)17(2,3)4)11-14-6-8-16(20-5)9-7-14/h6-9,15H,1,10-12H2,2-5H3/t15-,21-/m0/s1. The molecular formula is C17H25NO2S. The second-order valence-corrected chi connectivity index (χ2v) is 8.79. The summed E-state index contributed by atoms with van der Waals surface area (Å²) in [5, 5.41) is 0. The predicted octanol–water partition coefficient (Wildman–Crippen LogP) is 3.33. The van der Waals surface area contributed by atoms with Gasteiger partial charge in [-0.3, -0.25) is 0 Å². The molecule has 1 aromatic carbocycles. The second kappa shape index (κ2) is 6.42. The fraction of sp³-hybridized carbons (Fsp3) is 0.529. The lowest BCUT2D eigenvalue weighted by Crippen LogP contribution is -2.46. The molecular weight excluding hydrogens is 282 g/mol. The lowest BCUT2D eigenvalue weighted by molar-refractivity contribution is 0.371. The summed E-state index contributed by atoms with van der Waals surface area (Å²) in [5.41, 5.74) is 2.41. The maximum Gasteiger partial charge on any atom is 0.137 e. The number of rotatable bonds is 4. The largest absolute Gasteiger partial charge is 0.597 e. The van der Waals surface area contributed by atoms with Gasteiger partial charge in [0.15, 0.2) is 0 Å². The summed E-state index contributed by atoms with van der Waals surface area (Å²) in [4.78, 5) is 0. The highest BCUT2D eigenvalue weighted by Crippen LogP contribution is 2.32. The van der Waals surface area contributed by atoms with E-state index in [2.05, 4.69) is 23.0 Å². The van der Waals surface area contributed by atoms with E-state index >= 15 is 0 Å². The normalized spacial score (nSPS) is 21.6. The molecule has 0 spiro atoms. The van der Waals surface area contributed by atoms with E-state index in [0.717, 1.165) is 25.1 Å². The average molecular weight is 307 g/mol. The Morgan fingerprint density at radius 2 is 1.95 bits per heavy atom. The highest BCUT2D eigenvalue weighted by atomic mass is 32.2. The average Bonchev–Trinajstić information content (AvgIpc) is 2.78. The van der Waals surface area contributed by atoms with Crippen LogP contribution in [0.4, 0.5) is 0 Å². The van der Waals surface area contributed by atoms with Crippen LogP contribution < -0.4 is 4.74 Å². The summed E-state index contributed by atoms with van der Waals surface area (Å²) in [6, 6.07) is 8.39. The van der Waals surface area contributed by atoms with Crippen LogP contribution in [0.2, 0.25) is 0 Å². The molecule has 2 rings (SSSR count). The lowest BCUT2D eigenvalue weighted by atomic mass is 10.0. The van der Waals surface area contributed by atoms with Gasteiger partial charge in [-0.25, -0.2) is 0 Å². The first kappa shape index (κ1) is 16.4. The van der Waals surface area contributed by atoms with Gasteiger partial charge in [0.25, 0.3) is 0 Å². The topological polar surface area (TPSA) is 35.5 Å². The van der Waals surface area contributed by atoms with E-state index in [0.29, 0.717) is 0 Å². The Morgan fingerprint density at radius 3 is 2.48 bits per heavy atom. The second-order valence-electron chi connectivity index (χ2n) is 6.60. The van der Waals surface area contributed by atoms with Crippen LogP contribution >= 0.6 is 0 Å². The van der Waals surface area contributed by atoms with Crippen molar-refractivity contribution >= 4 is 11.4 Å². The number of nitrogens with zero attached hydrogens (tertiary/aromatic N) is 1. The SMILES string of the molecule is C=C1C[C@@H](Cc2ccc(OC)cc2)N([S@@+]([O-])C(C)(C)C)C1. The first-order valence-corrected chi connectivity index (χ1v) is 8.40. The molecule has 0 saturated carbocycles. The van der Waals surface area contributed by atoms with Crippen molar-refractivity contribution < 1.29 is 9.29 Å². The van der Waals surface area contributed by atoms with Gasteiger partial charge in [-0.05, 0) is 51.3 Å². The molecule has 1 heterocycles. The maximum atomic E-state index is 12.7. The van der Waals surface area contributed by atoms with Gasteiger partial charge in [0.2, 0.25) is 0 Å². The summed E-state index contributed by atoms with van der Waals surface area (Å²) >= 11 is -0.995. The van der Waals surface area contributed by atoms with E-state index in [1.54, 1.807) is 7.11 Å². The van der Waals surface area contributed by atoms with Gasteiger partial charge in [0.1, 0.15) is 10.5 Å². The zero-order chi connectivity index (χ0) is 15.6. The van der Waals surface area contributed by atoms with Gasteiger partial charge >= 0.3 is 0 Å². The number of benzene rings is 1. The summed E-state index contributed by atoms with van der Waals surface area (Å²) in [6.45, 7) is 10.9. The third-order valence-corrected chi connectivity index (χ3v) is 5.58. The van der Waals surface area contributed by atoms with Crippen LogP contribution in [0.25, 0.3) is 0 Å². The lowest BCUT2D eigenvalue weighted by Gasteiger charge is -2.33. The van der Waals surface area contributed by atoms with Crippen molar-refractivity contribution in [2.45, 2.75) is 44.4 Å². The molecule has 0 aromatic heterocycles. The van der Waals surface area contributed by atoms with Crippen LogP contribution in [-0.2, 0) is 17.8 Å². The van der Waals surface area contributed by atoms with Crippen LogP contribution in [0, 0.1) is 0 Å². The van der Waals surface area contributed by atoms with Crippen molar-refractivity contribution in [2.24, 2.45) is 0 Å². The van der Waals surface area contributed by atoms with Crippen molar-refractivity contribution in [3.63, 3.8) is 0 Å². The third-order valence-electron chi connectivity index (χ3n) is 3.68. The zero-order valence-corrected chi connectivity index (χ0v) is 14.2. The van der Waals surface area contributed by atoms with E-state index in [1.165, 1.54) is 11.1 Å². The third kappa shape index (κ3) is 4.02. The van der Waals surface area contributed by atoms with Crippen molar-refractivity contribution in [1.82, 2.24) is 4.31 Å². The quantitative estimate of drug-likeness (QED) is 0.632.